The Morgan fingerprint density at radius 1 is 1.19 bits per heavy atom. The molecule has 160 valence electrons. The molecule has 1 aromatic carbocycles. The summed E-state index contributed by atoms with van der Waals surface area (Å²) in [4.78, 5) is 8.18. The van der Waals surface area contributed by atoms with Gasteiger partial charge in [-0.15, -0.1) is 0 Å². The van der Waals surface area contributed by atoms with E-state index in [1.807, 2.05) is 37.3 Å². The highest BCUT2D eigenvalue weighted by Gasteiger charge is 2.19. The van der Waals surface area contributed by atoms with Gasteiger partial charge in [0.25, 0.3) is 0 Å². The lowest BCUT2D eigenvalue weighted by atomic mass is 10.0. The standard InChI is InChI=1S/C22H25N7O2/c1-2-30-18-6-3-7-19(31-14-15-5-4-8-24-11-15)22(18)17-9-20(29-28-17)27-21-13-25-16(10-23)12-26-21/h3,6-7,9,12-13,15,24H,2,4-5,8,11,14H2,1H3,(H2,26,27,28,29). The number of benzene rings is 1. The first kappa shape index (κ1) is 20.6. The van der Waals surface area contributed by atoms with Crippen molar-refractivity contribution in [2.45, 2.75) is 19.8 Å². The van der Waals surface area contributed by atoms with E-state index >= 15 is 0 Å². The van der Waals surface area contributed by atoms with Crippen molar-refractivity contribution in [2.24, 2.45) is 5.92 Å². The highest BCUT2D eigenvalue weighted by molar-refractivity contribution is 5.76. The smallest absolute Gasteiger partial charge is 0.158 e. The van der Waals surface area contributed by atoms with Crippen molar-refractivity contribution in [2.75, 3.05) is 31.6 Å². The van der Waals surface area contributed by atoms with E-state index < -0.39 is 0 Å². The molecule has 4 rings (SSSR count). The Hall–Kier alpha value is -3.64. The molecule has 0 aliphatic carbocycles. The molecule has 1 saturated heterocycles. The number of H-pyrrole nitrogens is 1. The Labute approximate surface area is 180 Å². The van der Waals surface area contributed by atoms with Crippen LogP contribution in [-0.2, 0) is 0 Å². The molecule has 1 atom stereocenters. The largest absolute Gasteiger partial charge is 0.493 e. The molecule has 0 spiro atoms. The minimum Gasteiger partial charge on any atom is -0.493 e. The van der Waals surface area contributed by atoms with Crippen molar-refractivity contribution < 1.29 is 9.47 Å². The molecular formula is C22H25N7O2. The van der Waals surface area contributed by atoms with Crippen molar-refractivity contribution >= 4 is 11.6 Å². The molecule has 0 saturated carbocycles. The number of nitrogens with one attached hydrogen (secondary N) is 3. The van der Waals surface area contributed by atoms with Crippen molar-refractivity contribution in [1.82, 2.24) is 25.5 Å². The van der Waals surface area contributed by atoms with E-state index in [-0.39, 0.29) is 5.69 Å². The molecule has 1 unspecified atom stereocenters. The second-order valence-electron chi connectivity index (χ2n) is 7.28. The van der Waals surface area contributed by atoms with Gasteiger partial charge in [0.15, 0.2) is 11.5 Å². The van der Waals surface area contributed by atoms with E-state index in [0.717, 1.165) is 42.3 Å². The molecule has 1 fully saturated rings. The number of anilines is 2. The second kappa shape index (κ2) is 9.91. The first-order chi connectivity index (χ1) is 15.3. The van der Waals surface area contributed by atoms with Gasteiger partial charge >= 0.3 is 0 Å². The number of rotatable bonds is 8. The third-order valence-electron chi connectivity index (χ3n) is 5.03. The molecule has 3 aromatic rings. The molecule has 0 amide bonds. The Morgan fingerprint density at radius 2 is 2.06 bits per heavy atom. The van der Waals surface area contributed by atoms with E-state index in [2.05, 4.69) is 30.8 Å². The third-order valence-corrected chi connectivity index (χ3v) is 5.03. The first-order valence-corrected chi connectivity index (χ1v) is 10.4. The van der Waals surface area contributed by atoms with E-state index in [0.29, 0.717) is 30.8 Å². The zero-order valence-corrected chi connectivity index (χ0v) is 17.4. The van der Waals surface area contributed by atoms with Crippen LogP contribution in [0, 0.1) is 17.2 Å². The molecule has 31 heavy (non-hydrogen) atoms. The van der Waals surface area contributed by atoms with Crippen molar-refractivity contribution in [1.29, 1.82) is 5.26 Å². The van der Waals surface area contributed by atoms with Crippen LogP contribution in [0.5, 0.6) is 11.5 Å². The molecule has 3 heterocycles. The number of piperidine rings is 1. The average Bonchev–Trinajstić information content (AvgIpc) is 3.27. The SMILES string of the molecule is CCOc1cccc(OCC2CCCNC2)c1-c1cc(Nc2cnc(C#N)cn2)n[nH]1. The summed E-state index contributed by atoms with van der Waals surface area (Å²) in [6, 6.07) is 9.63. The van der Waals surface area contributed by atoms with E-state index in [1.165, 1.54) is 18.8 Å². The average molecular weight is 419 g/mol. The van der Waals surface area contributed by atoms with Crippen LogP contribution >= 0.6 is 0 Å². The van der Waals surface area contributed by atoms with Crippen molar-refractivity contribution in [3.8, 4) is 28.8 Å². The van der Waals surface area contributed by atoms with Gasteiger partial charge in [-0.05, 0) is 38.4 Å². The predicted octanol–water partition coefficient (Wildman–Crippen LogP) is 3.26. The maximum absolute atomic E-state index is 8.85. The Kier molecular flexibility index (Phi) is 6.59. The topological polar surface area (TPSA) is 121 Å². The minimum absolute atomic E-state index is 0.258. The van der Waals surface area contributed by atoms with Crippen LogP contribution in [0.15, 0.2) is 36.7 Å². The molecule has 9 heteroatoms. The van der Waals surface area contributed by atoms with E-state index in [1.54, 1.807) is 0 Å². The fraction of sp³-hybridized carbons (Fsp3) is 0.364. The monoisotopic (exact) mass is 419 g/mol. The van der Waals surface area contributed by atoms with Crippen LogP contribution in [-0.4, -0.2) is 46.5 Å². The highest BCUT2D eigenvalue weighted by Crippen LogP contribution is 2.38. The Morgan fingerprint density at radius 3 is 2.77 bits per heavy atom. The van der Waals surface area contributed by atoms with Crippen LogP contribution in [0.3, 0.4) is 0 Å². The van der Waals surface area contributed by atoms with Crippen molar-refractivity contribution in [3.63, 3.8) is 0 Å². The number of aromatic nitrogens is 4. The summed E-state index contributed by atoms with van der Waals surface area (Å²) in [6.07, 6.45) is 5.24. The molecule has 1 aliphatic heterocycles. The number of nitrogens with zero attached hydrogens (tertiary/aromatic N) is 4. The summed E-state index contributed by atoms with van der Waals surface area (Å²) in [7, 11) is 0. The number of hydrogen-bond acceptors (Lipinski definition) is 8. The lowest BCUT2D eigenvalue weighted by Crippen LogP contribution is -2.33. The lowest BCUT2D eigenvalue weighted by Gasteiger charge is -2.23. The zero-order valence-electron chi connectivity index (χ0n) is 17.4. The van der Waals surface area contributed by atoms with Gasteiger partial charge in [-0.3, -0.25) is 5.10 Å². The van der Waals surface area contributed by atoms with Crippen LogP contribution in [0.25, 0.3) is 11.3 Å². The second-order valence-corrected chi connectivity index (χ2v) is 7.28. The molecule has 0 radical (unpaired) electrons. The van der Waals surface area contributed by atoms with Gasteiger partial charge in [0.1, 0.15) is 23.4 Å². The van der Waals surface area contributed by atoms with Gasteiger partial charge in [0.2, 0.25) is 0 Å². The van der Waals surface area contributed by atoms with Gasteiger partial charge in [-0.2, -0.15) is 10.4 Å². The number of aromatic amines is 1. The van der Waals surface area contributed by atoms with Gasteiger partial charge < -0.3 is 20.1 Å². The normalized spacial score (nSPS) is 15.8. The fourth-order valence-electron chi connectivity index (χ4n) is 3.54. The summed E-state index contributed by atoms with van der Waals surface area (Å²) in [6.45, 7) is 5.20. The molecule has 2 aromatic heterocycles. The van der Waals surface area contributed by atoms with Gasteiger partial charge in [0, 0.05) is 18.5 Å². The van der Waals surface area contributed by atoms with Crippen molar-refractivity contribution in [3.05, 3.63) is 42.4 Å². The predicted molar refractivity (Wildman–Crippen MR) is 116 cm³/mol. The molecular weight excluding hydrogens is 394 g/mol. The molecule has 0 bridgehead atoms. The minimum atomic E-state index is 0.258. The fourth-order valence-corrected chi connectivity index (χ4v) is 3.54. The quantitative estimate of drug-likeness (QED) is 0.509. The number of ether oxygens (including phenoxy) is 2. The summed E-state index contributed by atoms with van der Waals surface area (Å²) in [5.41, 5.74) is 1.86. The summed E-state index contributed by atoms with van der Waals surface area (Å²) >= 11 is 0. The molecule has 9 nitrogen and oxygen atoms in total. The third kappa shape index (κ3) is 5.10. The van der Waals surface area contributed by atoms with Crippen LogP contribution in [0.4, 0.5) is 11.6 Å². The Bertz CT molecular complexity index is 1040. The molecule has 1 aliphatic rings. The Balaban J connectivity index is 1.56. The maximum atomic E-state index is 8.85. The summed E-state index contributed by atoms with van der Waals surface area (Å²) in [5, 5.41) is 22.8. The number of hydrogen-bond donors (Lipinski definition) is 3. The highest BCUT2D eigenvalue weighted by atomic mass is 16.5. The van der Waals surface area contributed by atoms with Gasteiger partial charge in [-0.25, -0.2) is 9.97 Å². The van der Waals surface area contributed by atoms with Gasteiger partial charge in [-0.1, -0.05) is 6.07 Å². The first-order valence-electron chi connectivity index (χ1n) is 10.4. The zero-order chi connectivity index (χ0) is 21.5. The van der Waals surface area contributed by atoms with E-state index in [4.69, 9.17) is 14.7 Å². The summed E-state index contributed by atoms with van der Waals surface area (Å²) in [5.74, 6) is 3.05. The van der Waals surface area contributed by atoms with Crippen LogP contribution in [0.2, 0.25) is 0 Å². The van der Waals surface area contributed by atoms with Crippen LogP contribution < -0.4 is 20.1 Å². The van der Waals surface area contributed by atoms with E-state index in [9.17, 15) is 0 Å². The lowest BCUT2D eigenvalue weighted by molar-refractivity contribution is 0.218. The molecule has 3 N–H and O–H groups in total. The summed E-state index contributed by atoms with van der Waals surface area (Å²) < 4.78 is 12.1. The number of nitriles is 1. The maximum Gasteiger partial charge on any atom is 0.158 e. The van der Waals surface area contributed by atoms with Crippen LogP contribution in [0.1, 0.15) is 25.5 Å². The van der Waals surface area contributed by atoms with Gasteiger partial charge in [0.05, 0.1) is 36.9 Å².